The zero-order valence-electron chi connectivity index (χ0n) is 10.0. The van der Waals surface area contributed by atoms with Gasteiger partial charge in [-0.2, -0.15) is 4.79 Å². The van der Waals surface area contributed by atoms with Crippen LogP contribution >= 0.6 is 0 Å². The standard InChI is InChI=1S/C10H18O5/c1-9(2,3)7(11)14-15-8(12)13-10(4,5)6/h1-6H3. The predicted octanol–water partition coefficient (Wildman–Crippen LogP) is 2.44. The quantitative estimate of drug-likeness (QED) is 0.355. The Kier molecular flexibility index (Phi) is 4.13. The molecule has 0 heterocycles. The van der Waals surface area contributed by atoms with Crippen molar-refractivity contribution in [1.82, 2.24) is 0 Å². The number of rotatable bonds is 0. The van der Waals surface area contributed by atoms with Crippen molar-refractivity contribution in [2.75, 3.05) is 0 Å². The highest BCUT2D eigenvalue weighted by Gasteiger charge is 2.27. The molecule has 0 bridgehead atoms. The Hall–Kier alpha value is -1.26. The van der Waals surface area contributed by atoms with Crippen molar-refractivity contribution in [2.45, 2.75) is 47.1 Å². The Labute approximate surface area is 89.6 Å². The summed E-state index contributed by atoms with van der Waals surface area (Å²) in [5.41, 5.74) is -1.40. The van der Waals surface area contributed by atoms with Crippen LogP contribution in [0.1, 0.15) is 41.5 Å². The molecule has 88 valence electrons. The summed E-state index contributed by atoms with van der Waals surface area (Å²) in [4.78, 5) is 30.6. The van der Waals surface area contributed by atoms with Crippen molar-refractivity contribution >= 4 is 12.1 Å². The summed E-state index contributed by atoms with van der Waals surface area (Å²) in [7, 11) is 0. The lowest BCUT2D eigenvalue weighted by molar-refractivity contribution is -0.255. The van der Waals surface area contributed by atoms with Gasteiger partial charge in [-0.05, 0) is 41.5 Å². The van der Waals surface area contributed by atoms with E-state index in [-0.39, 0.29) is 0 Å². The molecule has 0 radical (unpaired) electrons. The number of hydrogen-bond donors (Lipinski definition) is 0. The van der Waals surface area contributed by atoms with Crippen LogP contribution in [-0.2, 0) is 19.3 Å². The zero-order chi connectivity index (χ0) is 12.3. The lowest BCUT2D eigenvalue weighted by Gasteiger charge is -2.19. The van der Waals surface area contributed by atoms with Gasteiger partial charge in [0, 0.05) is 0 Å². The fourth-order valence-electron chi connectivity index (χ4n) is 0.464. The first-order chi connectivity index (χ1) is 6.52. The third-order valence-corrected chi connectivity index (χ3v) is 1.19. The Morgan fingerprint density at radius 2 is 1.33 bits per heavy atom. The van der Waals surface area contributed by atoms with Crippen molar-refractivity contribution in [3.8, 4) is 0 Å². The molecular weight excluding hydrogens is 200 g/mol. The van der Waals surface area contributed by atoms with Crippen LogP contribution in [0.2, 0.25) is 0 Å². The highest BCUT2D eigenvalue weighted by atomic mass is 17.2. The smallest absolute Gasteiger partial charge is 0.426 e. The van der Waals surface area contributed by atoms with Crippen molar-refractivity contribution in [1.29, 1.82) is 0 Å². The molecule has 0 aromatic heterocycles. The van der Waals surface area contributed by atoms with Gasteiger partial charge in [-0.15, -0.1) is 0 Å². The Bertz CT molecular complexity index is 244. The lowest BCUT2D eigenvalue weighted by Crippen LogP contribution is -2.28. The number of carbonyl (C=O) groups is 2. The molecular formula is C10H18O5. The van der Waals surface area contributed by atoms with Crippen molar-refractivity contribution in [3.63, 3.8) is 0 Å². The molecule has 0 aromatic rings. The summed E-state index contributed by atoms with van der Waals surface area (Å²) in [5, 5.41) is 0. The molecule has 0 rings (SSSR count). The molecule has 0 saturated heterocycles. The number of carbonyl (C=O) groups excluding carboxylic acids is 2. The molecule has 0 aliphatic heterocycles. The number of ether oxygens (including phenoxy) is 1. The second kappa shape index (κ2) is 4.51. The minimum Gasteiger partial charge on any atom is -0.426 e. The second-order valence-corrected chi connectivity index (χ2v) is 5.17. The molecule has 0 unspecified atom stereocenters. The van der Waals surface area contributed by atoms with E-state index >= 15 is 0 Å². The maximum Gasteiger partial charge on any atom is 0.550 e. The van der Waals surface area contributed by atoms with Crippen LogP contribution in [0.25, 0.3) is 0 Å². The van der Waals surface area contributed by atoms with Crippen LogP contribution in [-0.4, -0.2) is 17.7 Å². The lowest BCUT2D eigenvalue weighted by atomic mass is 9.98. The highest BCUT2D eigenvalue weighted by Crippen LogP contribution is 2.16. The maximum absolute atomic E-state index is 11.2. The van der Waals surface area contributed by atoms with Crippen LogP contribution in [0.4, 0.5) is 4.79 Å². The molecule has 0 spiro atoms. The first-order valence-corrected chi connectivity index (χ1v) is 4.64. The molecule has 5 nitrogen and oxygen atoms in total. The summed E-state index contributed by atoms with van der Waals surface area (Å²) in [6, 6.07) is 0. The van der Waals surface area contributed by atoms with Crippen LogP contribution in [0.3, 0.4) is 0 Å². The summed E-state index contributed by atoms with van der Waals surface area (Å²) in [5.74, 6) is -0.631. The van der Waals surface area contributed by atoms with Crippen LogP contribution in [0, 0.1) is 5.41 Å². The van der Waals surface area contributed by atoms with Crippen LogP contribution in [0.5, 0.6) is 0 Å². The largest absolute Gasteiger partial charge is 0.550 e. The minimum absolute atomic E-state index is 0.631. The molecule has 0 aromatic carbocycles. The molecule has 15 heavy (non-hydrogen) atoms. The van der Waals surface area contributed by atoms with Gasteiger partial charge < -0.3 is 4.74 Å². The Morgan fingerprint density at radius 1 is 0.867 bits per heavy atom. The molecule has 0 atom stereocenters. The van der Waals surface area contributed by atoms with E-state index in [9.17, 15) is 9.59 Å². The van der Waals surface area contributed by atoms with E-state index < -0.39 is 23.1 Å². The third-order valence-electron chi connectivity index (χ3n) is 1.19. The third kappa shape index (κ3) is 6.76. The van der Waals surface area contributed by atoms with E-state index in [0.29, 0.717) is 0 Å². The molecule has 0 amide bonds. The van der Waals surface area contributed by atoms with E-state index in [4.69, 9.17) is 4.74 Å². The fourth-order valence-corrected chi connectivity index (χ4v) is 0.464. The Morgan fingerprint density at radius 3 is 1.67 bits per heavy atom. The molecule has 0 saturated carbocycles. The monoisotopic (exact) mass is 218 g/mol. The van der Waals surface area contributed by atoms with Crippen LogP contribution in [0.15, 0.2) is 0 Å². The van der Waals surface area contributed by atoms with Gasteiger partial charge in [-0.3, -0.25) is 0 Å². The first-order valence-electron chi connectivity index (χ1n) is 4.64. The van der Waals surface area contributed by atoms with E-state index in [2.05, 4.69) is 9.78 Å². The Balaban J connectivity index is 3.98. The first kappa shape index (κ1) is 13.7. The summed E-state index contributed by atoms with van der Waals surface area (Å²) >= 11 is 0. The molecule has 0 aliphatic rings. The molecule has 5 heteroatoms. The topological polar surface area (TPSA) is 61.8 Å². The summed E-state index contributed by atoms with van der Waals surface area (Å²) < 4.78 is 4.76. The van der Waals surface area contributed by atoms with Gasteiger partial charge in [0.15, 0.2) is 0 Å². The van der Waals surface area contributed by atoms with Gasteiger partial charge in [0.25, 0.3) is 0 Å². The van der Waals surface area contributed by atoms with Crippen molar-refractivity contribution in [2.24, 2.45) is 5.41 Å². The van der Waals surface area contributed by atoms with Crippen molar-refractivity contribution in [3.05, 3.63) is 0 Å². The average Bonchev–Trinajstić information content (AvgIpc) is 1.94. The average molecular weight is 218 g/mol. The second-order valence-electron chi connectivity index (χ2n) is 5.17. The van der Waals surface area contributed by atoms with Gasteiger partial charge in [-0.1, -0.05) is 0 Å². The normalized spacial score (nSPS) is 11.9. The number of hydrogen-bond acceptors (Lipinski definition) is 5. The predicted molar refractivity (Wildman–Crippen MR) is 52.9 cm³/mol. The van der Waals surface area contributed by atoms with Crippen molar-refractivity contribution < 1.29 is 24.1 Å². The van der Waals surface area contributed by atoms with Gasteiger partial charge >= 0.3 is 12.1 Å². The van der Waals surface area contributed by atoms with E-state index in [1.165, 1.54) is 0 Å². The molecule has 0 N–H and O–H groups in total. The van der Waals surface area contributed by atoms with Gasteiger partial charge in [0.05, 0.1) is 5.41 Å². The SMILES string of the molecule is CC(C)(C)OC(=O)OOC(=O)C(C)(C)C. The zero-order valence-corrected chi connectivity index (χ0v) is 10.0. The fraction of sp³-hybridized carbons (Fsp3) is 0.800. The van der Waals surface area contributed by atoms with E-state index in [1.54, 1.807) is 41.5 Å². The highest BCUT2D eigenvalue weighted by molar-refractivity contribution is 5.75. The minimum atomic E-state index is -1.03. The summed E-state index contributed by atoms with van der Waals surface area (Å²) in [6.07, 6.45) is -1.03. The van der Waals surface area contributed by atoms with E-state index in [0.717, 1.165) is 0 Å². The molecule has 0 aliphatic carbocycles. The maximum atomic E-state index is 11.2. The molecule has 0 fully saturated rings. The van der Waals surface area contributed by atoms with Gasteiger partial charge in [-0.25, -0.2) is 14.6 Å². The van der Waals surface area contributed by atoms with Gasteiger partial charge in [0.1, 0.15) is 5.60 Å². The summed E-state index contributed by atoms with van der Waals surface area (Å²) in [6.45, 7) is 9.98. The van der Waals surface area contributed by atoms with Crippen LogP contribution < -0.4 is 0 Å². The van der Waals surface area contributed by atoms with E-state index in [1.807, 2.05) is 0 Å². The van der Waals surface area contributed by atoms with Gasteiger partial charge in [0.2, 0.25) is 0 Å².